The summed E-state index contributed by atoms with van der Waals surface area (Å²) in [5.41, 5.74) is 5.63. The molecule has 0 unspecified atom stereocenters. The molecule has 0 radical (unpaired) electrons. The van der Waals surface area contributed by atoms with E-state index >= 15 is 0 Å². The largest absolute Gasteiger partial charge is 0.384 e. The molecule has 0 aliphatic heterocycles. The van der Waals surface area contributed by atoms with E-state index in [9.17, 15) is 0 Å². The molecule has 5 heteroatoms. The van der Waals surface area contributed by atoms with Crippen LogP contribution in [0.2, 0.25) is 0 Å². The van der Waals surface area contributed by atoms with Crippen LogP contribution < -0.4 is 11.1 Å². The number of aromatic nitrogens is 2. The molecule has 17 heavy (non-hydrogen) atoms. The highest BCUT2D eigenvalue weighted by Crippen LogP contribution is 2.07. The molecular weight excluding hydrogens is 216 g/mol. The summed E-state index contributed by atoms with van der Waals surface area (Å²) in [5, 5.41) is 3.20. The van der Waals surface area contributed by atoms with Crippen LogP contribution in [-0.4, -0.2) is 29.7 Å². The van der Waals surface area contributed by atoms with Gasteiger partial charge in [0.25, 0.3) is 0 Å². The van der Waals surface area contributed by atoms with E-state index in [0.717, 1.165) is 32.0 Å². The number of nitrogens with one attached hydrogen (secondary N) is 1. The van der Waals surface area contributed by atoms with E-state index in [1.54, 1.807) is 6.07 Å². The summed E-state index contributed by atoms with van der Waals surface area (Å²) in [6.45, 7) is 8.53. The smallest absolute Gasteiger partial charge is 0.131 e. The van der Waals surface area contributed by atoms with Crippen molar-refractivity contribution in [3.8, 4) is 0 Å². The lowest BCUT2D eigenvalue weighted by molar-refractivity contribution is 0.110. The van der Waals surface area contributed by atoms with Crippen molar-refractivity contribution in [2.24, 2.45) is 5.92 Å². The SMILES string of the molecule is Cc1nc(N)cc(NCCCOCC(C)C)n1. The average Bonchev–Trinajstić information content (AvgIpc) is 2.21. The second kappa shape index (κ2) is 7.06. The lowest BCUT2D eigenvalue weighted by Crippen LogP contribution is -2.10. The van der Waals surface area contributed by atoms with Crippen LogP contribution in [0.15, 0.2) is 6.07 Å². The summed E-state index contributed by atoms with van der Waals surface area (Å²) in [6, 6.07) is 1.74. The summed E-state index contributed by atoms with van der Waals surface area (Å²) in [5.74, 6) is 2.55. The zero-order valence-corrected chi connectivity index (χ0v) is 10.9. The van der Waals surface area contributed by atoms with Crippen LogP contribution in [0.3, 0.4) is 0 Å². The predicted octanol–water partition coefficient (Wildman–Crippen LogP) is 1.84. The molecular formula is C12H22N4O. The van der Waals surface area contributed by atoms with Gasteiger partial charge in [0.05, 0.1) is 0 Å². The van der Waals surface area contributed by atoms with Crippen LogP contribution >= 0.6 is 0 Å². The molecule has 0 aromatic carbocycles. The molecule has 0 saturated carbocycles. The Morgan fingerprint density at radius 2 is 2.18 bits per heavy atom. The van der Waals surface area contributed by atoms with Gasteiger partial charge in [0.1, 0.15) is 17.5 Å². The molecule has 0 aliphatic rings. The Hall–Kier alpha value is -1.36. The van der Waals surface area contributed by atoms with Crippen molar-refractivity contribution in [2.75, 3.05) is 30.8 Å². The minimum Gasteiger partial charge on any atom is -0.384 e. The maximum absolute atomic E-state index is 5.63. The molecule has 0 bridgehead atoms. The van der Waals surface area contributed by atoms with Crippen LogP contribution in [0, 0.1) is 12.8 Å². The van der Waals surface area contributed by atoms with Gasteiger partial charge in [0, 0.05) is 25.8 Å². The van der Waals surface area contributed by atoms with Crippen molar-refractivity contribution in [3.63, 3.8) is 0 Å². The highest BCUT2D eigenvalue weighted by atomic mass is 16.5. The fraction of sp³-hybridized carbons (Fsp3) is 0.667. The first kappa shape index (κ1) is 13.7. The summed E-state index contributed by atoms with van der Waals surface area (Å²) >= 11 is 0. The van der Waals surface area contributed by atoms with Crippen molar-refractivity contribution in [1.82, 2.24) is 9.97 Å². The first-order valence-corrected chi connectivity index (χ1v) is 6.00. The highest BCUT2D eigenvalue weighted by Gasteiger charge is 1.98. The molecule has 0 fully saturated rings. The van der Waals surface area contributed by atoms with Gasteiger partial charge in [-0.1, -0.05) is 13.8 Å². The molecule has 5 nitrogen and oxygen atoms in total. The van der Waals surface area contributed by atoms with Gasteiger partial charge in [-0.3, -0.25) is 0 Å². The number of anilines is 2. The van der Waals surface area contributed by atoms with Crippen molar-refractivity contribution in [1.29, 1.82) is 0 Å². The minimum absolute atomic E-state index is 0.496. The molecule has 1 aromatic rings. The Morgan fingerprint density at radius 1 is 1.41 bits per heavy atom. The fourth-order valence-electron chi connectivity index (χ4n) is 1.39. The van der Waals surface area contributed by atoms with Crippen molar-refractivity contribution < 1.29 is 4.74 Å². The summed E-state index contributed by atoms with van der Waals surface area (Å²) in [7, 11) is 0. The molecule has 3 N–H and O–H groups in total. The monoisotopic (exact) mass is 238 g/mol. The Labute approximate surface area is 103 Å². The molecule has 0 aliphatic carbocycles. The average molecular weight is 238 g/mol. The van der Waals surface area contributed by atoms with Gasteiger partial charge in [-0.15, -0.1) is 0 Å². The molecule has 1 aromatic heterocycles. The van der Waals surface area contributed by atoms with E-state index in [1.807, 2.05) is 6.92 Å². The maximum Gasteiger partial charge on any atom is 0.131 e. The summed E-state index contributed by atoms with van der Waals surface area (Å²) in [6.07, 6.45) is 0.954. The molecule has 0 saturated heterocycles. The third kappa shape index (κ3) is 6.06. The van der Waals surface area contributed by atoms with E-state index in [-0.39, 0.29) is 0 Å². The van der Waals surface area contributed by atoms with Crippen LogP contribution in [-0.2, 0) is 4.74 Å². The predicted molar refractivity (Wildman–Crippen MR) is 69.9 cm³/mol. The number of aryl methyl sites for hydroxylation is 1. The van der Waals surface area contributed by atoms with Crippen molar-refractivity contribution >= 4 is 11.6 Å². The fourth-order valence-corrected chi connectivity index (χ4v) is 1.39. The van der Waals surface area contributed by atoms with Crippen molar-refractivity contribution in [3.05, 3.63) is 11.9 Å². The van der Waals surface area contributed by atoms with Gasteiger partial charge in [0.15, 0.2) is 0 Å². The van der Waals surface area contributed by atoms with E-state index in [4.69, 9.17) is 10.5 Å². The van der Waals surface area contributed by atoms with E-state index in [1.165, 1.54) is 0 Å². The third-order valence-electron chi connectivity index (χ3n) is 2.08. The molecule has 0 amide bonds. The van der Waals surface area contributed by atoms with Crippen LogP contribution in [0.4, 0.5) is 11.6 Å². The molecule has 1 rings (SSSR count). The van der Waals surface area contributed by atoms with Gasteiger partial charge < -0.3 is 15.8 Å². The van der Waals surface area contributed by atoms with Crippen LogP contribution in [0.25, 0.3) is 0 Å². The normalized spacial score (nSPS) is 10.8. The highest BCUT2D eigenvalue weighted by molar-refractivity contribution is 5.44. The summed E-state index contributed by atoms with van der Waals surface area (Å²) < 4.78 is 5.48. The number of hydrogen-bond acceptors (Lipinski definition) is 5. The van der Waals surface area contributed by atoms with Crippen molar-refractivity contribution in [2.45, 2.75) is 27.2 Å². The quantitative estimate of drug-likeness (QED) is 0.709. The lowest BCUT2D eigenvalue weighted by Gasteiger charge is -2.08. The number of nitrogens with zero attached hydrogens (tertiary/aromatic N) is 2. The Kier molecular flexibility index (Phi) is 5.69. The molecule has 96 valence electrons. The topological polar surface area (TPSA) is 73.1 Å². The van der Waals surface area contributed by atoms with Crippen LogP contribution in [0.1, 0.15) is 26.1 Å². The Balaban J connectivity index is 2.18. The maximum atomic E-state index is 5.63. The van der Waals surface area contributed by atoms with Gasteiger partial charge in [-0.25, -0.2) is 9.97 Å². The first-order valence-electron chi connectivity index (χ1n) is 6.00. The number of nitrogens with two attached hydrogens (primary N) is 1. The lowest BCUT2D eigenvalue weighted by atomic mass is 10.2. The van der Waals surface area contributed by atoms with Crippen LogP contribution in [0.5, 0.6) is 0 Å². The third-order valence-corrected chi connectivity index (χ3v) is 2.08. The van der Waals surface area contributed by atoms with E-state index < -0.39 is 0 Å². The summed E-state index contributed by atoms with van der Waals surface area (Å²) in [4.78, 5) is 8.25. The first-order chi connectivity index (χ1) is 8.08. The number of nitrogen functional groups attached to an aromatic ring is 1. The Morgan fingerprint density at radius 3 is 2.82 bits per heavy atom. The second-order valence-electron chi connectivity index (χ2n) is 4.47. The van der Waals surface area contributed by atoms with E-state index in [0.29, 0.717) is 17.6 Å². The Bertz CT molecular complexity index is 321. The molecule has 0 atom stereocenters. The molecule has 1 heterocycles. The van der Waals surface area contributed by atoms with Gasteiger partial charge >= 0.3 is 0 Å². The minimum atomic E-state index is 0.496. The second-order valence-corrected chi connectivity index (χ2v) is 4.47. The van der Waals surface area contributed by atoms with Gasteiger partial charge in [-0.05, 0) is 19.3 Å². The number of rotatable bonds is 7. The number of ether oxygens (including phenoxy) is 1. The molecule has 0 spiro atoms. The standard InChI is InChI=1S/C12H22N4O/c1-9(2)8-17-6-4-5-14-12-7-11(13)15-10(3)16-12/h7,9H,4-6,8H2,1-3H3,(H3,13,14,15,16). The number of hydrogen-bond donors (Lipinski definition) is 2. The van der Waals surface area contributed by atoms with Gasteiger partial charge in [0.2, 0.25) is 0 Å². The van der Waals surface area contributed by atoms with E-state index in [2.05, 4.69) is 29.1 Å². The zero-order valence-electron chi connectivity index (χ0n) is 10.9. The zero-order chi connectivity index (χ0) is 12.7. The van der Waals surface area contributed by atoms with Gasteiger partial charge in [-0.2, -0.15) is 0 Å².